The first-order valence-electron chi connectivity index (χ1n) is 4.57. The van der Waals surface area contributed by atoms with Crippen LogP contribution in [0.5, 0.6) is 0 Å². The van der Waals surface area contributed by atoms with Gasteiger partial charge in [-0.15, -0.1) is 0 Å². The summed E-state index contributed by atoms with van der Waals surface area (Å²) in [6.45, 7) is 3.34. The van der Waals surface area contributed by atoms with Crippen LogP contribution in [-0.2, 0) is 10.2 Å². The van der Waals surface area contributed by atoms with E-state index in [9.17, 15) is 0 Å². The van der Waals surface area contributed by atoms with Crippen molar-refractivity contribution in [3.8, 4) is 0 Å². The van der Waals surface area contributed by atoms with Crippen LogP contribution in [0.15, 0.2) is 28.7 Å². The van der Waals surface area contributed by atoms with Gasteiger partial charge in [-0.1, -0.05) is 35.0 Å². The molecule has 0 bridgehead atoms. The highest BCUT2D eigenvalue weighted by Crippen LogP contribution is 2.24. The molecule has 0 saturated carbocycles. The van der Waals surface area contributed by atoms with Gasteiger partial charge < -0.3 is 10.5 Å². The summed E-state index contributed by atoms with van der Waals surface area (Å²) in [4.78, 5) is 0. The molecule has 0 aliphatic carbocycles. The predicted octanol–water partition coefficient (Wildman–Crippen LogP) is 2.31. The first-order chi connectivity index (χ1) is 6.62. The average Bonchev–Trinajstić information content (AvgIpc) is 2.19. The van der Waals surface area contributed by atoms with E-state index in [1.54, 1.807) is 7.11 Å². The van der Waals surface area contributed by atoms with Crippen molar-refractivity contribution in [2.45, 2.75) is 12.3 Å². The largest absolute Gasteiger partial charge is 0.384 e. The van der Waals surface area contributed by atoms with E-state index in [0.29, 0.717) is 13.2 Å². The van der Waals surface area contributed by atoms with Crippen molar-refractivity contribution < 1.29 is 4.74 Å². The maximum atomic E-state index is 5.77. The van der Waals surface area contributed by atoms with Gasteiger partial charge in [0, 0.05) is 23.5 Å². The van der Waals surface area contributed by atoms with Gasteiger partial charge in [-0.3, -0.25) is 0 Å². The highest BCUT2D eigenvalue weighted by Gasteiger charge is 2.24. The Morgan fingerprint density at radius 2 is 1.93 bits per heavy atom. The molecule has 0 aliphatic heterocycles. The Morgan fingerprint density at radius 3 is 2.36 bits per heavy atom. The van der Waals surface area contributed by atoms with Crippen LogP contribution in [0.1, 0.15) is 12.5 Å². The molecule has 1 aromatic carbocycles. The molecule has 3 heteroatoms. The number of methoxy groups -OCH3 is 1. The van der Waals surface area contributed by atoms with Gasteiger partial charge >= 0.3 is 0 Å². The zero-order valence-electron chi connectivity index (χ0n) is 8.59. The van der Waals surface area contributed by atoms with Crippen molar-refractivity contribution in [2.75, 3.05) is 20.3 Å². The molecule has 78 valence electrons. The smallest absolute Gasteiger partial charge is 0.0568 e. The first kappa shape index (κ1) is 11.7. The Kier molecular flexibility index (Phi) is 4.11. The molecule has 1 atom stereocenters. The predicted molar refractivity (Wildman–Crippen MR) is 62.4 cm³/mol. The van der Waals surface area contributed by atoms with Crippen molar-refractivity contribution in [1.29, 1.82) is 0 Å². The molecule has 0 radical (unpaired) electrons. The average molecular weight is 258 g/mol. The van der Waals surface area contributed by atoms with Crippen molar-refractivity contribution in [1.82, 2.24) is 0 Å². The minimum absolute atomic E-state index is 0.0878. The maximum Gasteiger partial charge on any atom is 0.0568 e. The lowest BCUT2D eigenvalue weighted by Crippen LogP contribution is -2.36. The first-order valence-corrected chi connectivity index (χ1v) is 5.37. The summed E-state index contributed by atoms with van der Waals surface area (Å²) >= 11 is 3.41. The zero-order valence-corrected chi connectivity index (χ0v) is 10.2. The van der Waals surface area contributed by atoms with Crippen LogP contribution in [0.2, 0.25) is 0 Å². The van der Waals surface area contributed by atoms with Crippen LogP contribution < -0.4 is 5.73 Å². The molecule has 0 heterocycles. The van der Waals surface area contributed by atoms with E-state index in [1.165, 1.54) is 5.56 Å². The van der Waals surface area contributed by atoms with Crippen molar-refractivity contribution in [2.24, 2.45) is 5.73 Å². The van der Waals surface area contributed by atoms with Gasteiger partial charge in [-0.05, 0) is 17.7 Å². The van der Waals surface area contributed by atoms with Gasteiger partial charge in [-0.25, -0.2) is 0 Å². The monoisotopic (exact) mass is 257 g/mol. The maximum absolute atomic E-state index is 5.77. The van der Waals surface area contributed by atoms with Crippen LogP contribution in [-0.4, -0.2) is 20.3 Å². The fourth-order valence-electron chi connectivity index (χ4n) is 1.43. The molecular weight excluding hydrogens is 242 g/mol. The van der Waals surface area contributed by atoms with Crippen LogP contribution >= 0.6 is 15.9 Å². The Bertz CT molecular complexity index is 286. The van der Waals surface area contributed by atoms with Crippen molar-refractivity contribution >= 4 is 15.9 Å². The fourth-order valence-corrected chi connectivity index (χ4v) is 1.70. The van der Waals surface area contributed by atoms with E-state index in [-0.39, 0.29) is 5.41 Å². The molecular formula is C11H16BrNO. The minimum Gasteiger partial charge on any atom is -0.384 e. The highest BCUT2D eigenvalue weighted by atomic mass is 79.9. The molecule has 1 rings (SSSR count). The molecule has 14 heavy (non-hydrogen) atoms. The number of halogens is 1. The summed E-state index contributed by atoms with van der Waals surface area (Å²) in [6.07, 6.45) is 0. The second-order valence-electron chi connectivity index (χ2n) is 3.70. The van der Waals surface area contributed by atoms with Gasteiger partial charge in [0.05, 0.1) is 6.61 Å². The van der Waals surface area contributed by atoms with Crippen LogP contribution in [0.3, 0.4) is 0 Å². The molecule has 0 spiro atoms. The minimum atomic E-state index is -0.0878. The summed E-state index contributed by atoms with van der Waals surface area (Å²) in [5.41, 5.74) is 6.90. The lowest BCUT2D eigenvalue weighted by Gasteiger charge is -2.27. The summed E-state index contributed by atoms with van der Waals surface area (Å²) in [7, 11) is 1.70. The summed E-state index contributed by atoms with van der Waals surface area (Å²) < 4.78 is 6.27. The van der Waals surface area contributed by atoms with Crippen LogP contribution in [0.4, 0.5) is 0 Å². The lowest BCUT2D eigenvalue weighted by molar-refractivity contribution is 0.141. The van der Waals surface area contributed by atoms with E-state index >= 15 is 0 Å². The number of rotatable bonds is 4. The SMILES string of the molecule is COCC(C)(CN)c1ccc(Br)cc1. The van der Waals surface area contributed by atoms with Gasteiger partial charge in [0.15, 0.2) is 0 Å². The molecule has 0 amide bonds. The number of hydrogen-bond acceptors (Lipinski definition) is 2. The third kappa shape index (κ3) is 2.56. The number of ether oxygens (including phenoxy) is 1. The second kappa shape index (κ2) is 4.91. The summed E-state index contributed by atoms with van der Waals surface area (Å²) in [5, 5.41) is 0. The Morgan fingerprint density at radius 1 is 1.36 bits per heavy atom. The van der Waals surface area contributed by atoms with E-state index in [1.807, 2.05) is 12.1 Å². The molecule has 1 unspecified atom stereocenters. The Balaban J connectivity index is 2.94. The summed E-state index contributed by atoms with van der Waals surface area (Å²) in [5.74, 6) is 0. The number of benzene rings is 1. The van der Waals surface area contributed by atoms with Gasteiger partial charge in [0.2, 0.25) is 0 Å². The number of hydrogen-bond donors (Lipinski definition) is 1. The van der Waals surface area contributed by atoms with Gasteiger partial charge in [0.1, 0.15) is 0 Å². The molecule has 0 saturated heterocycles. The van der Waals surface area contributed by atoms with Crippen molar-refractivity contribution in [3.63, 3.8) is 0 Å². The van der Waals surface area contributed by atoms with Gasteiger partial charge in [-0.2, -0.15) is 0 Å². The van der Waals surface area contributed by atoms with E-state index < -0.39 is 0 Å². The van der Waals surface area contributed by atoms with Crippen LogP contribution in [0.25, 0.3) is 0 Å². The third-order valence-electron chi connectivity index (χ3n) is 2.45. The molecule has 0 fully saturated rings. The molecule has 1 aromatic rings. The molecule has 0 aromatic heterocycles. The summed E-state index contributed by atoms with van der Waals surface area (Å²) in [6, 6.07) is 8.21. The molecule has 2 nitrogen and oxygen atoms in total. The van der Waals surface area contributed by atoms with Crippen molar-refractivity contribution in [3.05, 3.63) is 34.3 Å². The van der Waals surface area contributed by atoms with E-state index in [0.717, 1.165) is 4.47 Å². The Labute approximate surface area is 93.6 Å². The van der Waals surface area contributed by atoms with Crippen LogP contribution in [0, 0.1) is 0 Å². The topological polar surface area (TPSA) is 35.2 Å². The van der Waals surface area contributed by atoms with E-state index in [2.05, 4.69) is 35.0 Å². The lowest BCUT2D eigenvalue weighted by atomic mass is 9.83. The third-order valence-corrected chi connectivity index (χ3v) is 2.98. The standard InChI is InChI=1S/C11H16BrNO/c1-11(7-13,8-14-2)9-3-5-10(12)6-4-9/h3-6H,7-8,13H2,1-2H3. The zero-order chi connectivity index (χ0) is 10.6. The fraction of sp³-hybridized carbons (Fsp3) is 0.455. The second-order valence-corrected chi connectivity index (χ2v) is 4.62. The van der Waals surface area contributed by atoms with E-state index in [4.69, 9.17) is 10.5 Å². The van der Waals surface area contributed by atoms with Gasteiger partial charge in [0.25, 0.3) is 0 Å². The number of nitrogens with two attached hydrogens (primary N) is 1. The highest BCUT2D eigenvalue weighted by molar-refractivity contribution is 9.10. The normalized spacial score (nSPS) is 15.1. The quantitative estimate of drug-likeness (QED) is 0.899. The molecule has 2 N–H and O–H groups in total. The Hall–Kier alpha value is -0.380. The molecule has 0 aliphatic rings.